The second-order valence-corrected chi connectivity index (χ2v) is 11.8. The van der Waals surface area contributed by atoms with Gasteiger partial charge >= 0.3 is 0 Å². The van der Waals surface area contributed by atoms with E-state index in [0.29, 0.717) is 17.9 Å². The van der Waals surface area contributed by atoms with Crippen molar-refractivity contribution in [3.05, 3.63) is 79.1 Å². The molecule has 1 aliphatic carbocycles. The molecule has 2 aromatic carbocycles. The van der Waals surface area contributed by atoms with Crippen LogP contribution in [0.2, 0.25) is 0 Å². The number of aromatic nitrogens is 5. The van der Waals surface area contributed by atoms with Crippen LogP contribution in [0.3, 0.4) is 0 Å². The van der Waals surface area contributed by atoms with Gasteiger partial charge in [-0.15, -0.1) is 0 Å². The highest BCUT2D eigenvalue weighted by atomic mass is 19.1. The number of nitrogens with zero attached hydrogens (tertiary/aromatic N) is 4. The molecule has 8 nitrogen and oxygen atoms in total. The maximum Gasteiger partial charge on any atom is 0.138 e. The maximum atomic E-state index is 14.7. The van der Waals surface area contributed by atoms with Crippen LogP contribution in [0.4, 0.5) is 4.39 Å². The van der Waals surface area contributed by atoms with Gasteiger partial charge in [-0.3, -0.25) is 15.1 Å². The molecule has 1 fully saturated rings. The number of likely N-dealkylation sites (N-methyl/N-ethyl adjacent to an activating group) is 1. The quantitative estimate of drug-likeness (QED) is 0.180. The molecule has 0 atom stereocenters. The molecule has 0 bridgehead atoms. The Kier molecular flexibility index (Phi) is 7.70. The predicted molar refractivity (Wildman–Crippen MR) is 171 cm³/mol. The SMILES string of the molecule is CN(C)CCOc1cc(F)cc(-c2cncc3[nH]c(-c4n[nH]c5ccc(-c6cncc(OC7CCCCC7)c6)cc45)cc23)c1. The fourth-order valence-electron chi connectivity index (χ4n) is 5.97. The first-order valence-corrected chi connectivity index (χ1v) is 15.2. The van der Waals surface area contributed by atoms with Crippen LogP contribution >= 0.6 is 0 Å². The Labute approximate surface area is 255 Å². The summed E-state index contributed by atoms with van der Waals surface area (Å²) in [6.07, 6.45) is 13.4. The van der Waals surface area contributed by atoms with E-state index < -0.39 is 0 Å². The molecule has 0 aliphatic heterocycles. The van der Waals surface area contributed by atoms with Crippen molar-refractivity contribution in [1.82, 2.24) is 30.0 Å². The monoisotopic (exact) mass is 590 g/mol. The Hall–Kier alpha value is -4.76. The minimum absolute atomic E-state index is 0.264. The lowest BCUT2D eigenvalue weighted by atomic mass is 9.98. The average molecular weight is 591 g/mol. The van der Waals surface area contributed by atoms with Gasteiger partial charge in [0, 0.05) is 46.9 Å². The smallest absolute Gasteiger partial charge is 0.138 e. The summed E-state index contributed by atoms with van der Waals surface area (Å²) in [5.74, 6) is 0.938. The molecule has 7 rings (SSSR count). The fourth-order valence-corrected chi connectivity index (χ4v) is 5.97. The summed E-state index contributed by atoms with van der Waals surface area (Å²) in [6, 6.07) is 15.1. The van der Waals surface area contributed by atoms with E-state index in [1.54, 1.807) is 18.6 Å². The van der Waals surface area contributed by atoms with Gasteiger partial charge in [-0.2, -0.15) is 5.10 Å². The number of hydrogen-bond acceptors (Lipinski definition) is 6. The number of halogens is 1. The zero-order valence-electron chi connectivity index (χ0n) is 24.9. The first kappa shape index (κ1) is 28.0. The highest BCUT2D eigenvalue weighted by Crippen LogP contribution is 2.36. The van der Waals surface area contributed by atoms with Crippen LogP contribution in [0.1, 0.15) is 32.1 Å². The van der Waals surface area contributed by atoms with Crippen molar-refractivity contribution in [2.75, 3.05) is 27.2 Å². The Morgan fingerprint density at radius 3 is 2.52 bits per heavy atom. The van der Waals surface area contributed by atoms with Crippen LogP contribution in [0.15, 0.2) is 73.3 Å². The van der Waals surface area contributed by atoms with Gasteiger partial charge in [0.15, 0.2) is 0 Å². The van der Waals surface area contributed by atoms with Crippen LogP contribution in [0, 0.1) is 5.82 Å². The molecule has 0 saturated heterocycles. The maximum absolute atomic E-state index is 14.7. The Morgan fingerprint density at radius 2 is 1.66 bits per heavy atom. The summed E-state index contributed by atoms with van der Waals surface area (Å²) in [4.78, 5) is 14.4. The number of rotatable bonds is 9. The third-order valence-electron chi connectivity index (χ3n) is 8.25. The van der Waals surface area contributed by atoms with Crippen LogP contribution in [0.5, 0.6) is 11.5 Å². The minimum atomic E-state index is -0.358. The molecular formula is C35H35FN6O2. The van der Waals surface area contributed by atoms with Crippen molar-refractivity contribution in [2.24, 2.45) is 0 Å². The zero-order valence-corrected chi connectivity index (χ0v) is 24.9. The van der Waals surface area contributed by atoms with Crippen molar-refractivity contribution in [2.45, 2.75) is 38.2 Å². The summed E-state index contributed by atoms with van der Waals surface area (Å²) in [5, 5.41) is 9.73. The average Bonchev–Trinajstić information content (AvgIpc) is 3.65. The number of fused-ring (bicyclic) bond motifs is 2. The van der Waals surface area contributed by atoms with Crippen LogP contribution in [-0.4, -0.2) is 63.4 Å². The van der Waals surface area contributed by atoms with Gasteiger partial charge in [-0.1, -0.05) is 12.5 Å². The standard InChI is InChI=1S/C35H35FN6O2/c1-42(2)10-11-43-27-13-23(12-25(36)16-27)31-20-38-21-34-29(31)17-33(39-34)35-30-15-22(8-9-32(30)40-41-35)24-14-28(19-37-18-24)44-26-6-4-3-5-7-26/h8-9,12-21,26,39H,3-7,10-11H2,1-2H3,(H,40,41). The summed E-state index contributed by atoms with van der Waals surface area (Å²) < 4.78 is 26.8. The molecule has 9 heteroatoms. The molecule has 2 N–H and O–H groups in total. The van der Waals surface area contributed by atoms with Crippen molar-refractivity contribution in [1.29, 1.82) is 0 Å². The van der Waals surface area contributed by atoms with Gasteiger partial charge in [0.25, 0.3) is 0 Å². The Balaban J connectivity index is 1.21. The van der Waals surface area contributed by atoms with E-state index in [1.807, 2.05) is 43.4 Å². The van der Waals surface area contributed by atoms with Gasteiger partial charge in [-0.05, 0) is 87.3 Å². The van der Waals surface area contributed by atoms with Crippen molar-refractivity contribution < 1.29 is 13.9 Å². The molecule has 0 amide bonds. The first-order valence-electron chi connectivity index (χ1n) is 15.2. The van der Waals surface area contributed by atoms with Gasteiger partial charge in [0.1, 0.15) is 29.6 Å². The molecular weight excluding hydrogens is 555 g/mol. The second-order valence-electron chi connectivity index (χ2n) is 11.8. The molecule has 4 heterocycles. The molecule has 44 heavy (non-hydrogen) atoms. The van der Waals surface area contributed by atoms with Crippen molar-refractivity contribution >= 4 is 21.8 Å². The van der Waals surface area contributed by atoms with E-state index in [1.165, 1.54) is 31.4 Å². The summed E-state index contributed by atoms with van der Waals surface area (Å²) in [5.41, 5.74) is 6.91. The largest absolute Gasteiger partial charge is 0.492 e. The van der Waals surface area contributed by atoms with Crippen LogP contribution < -0.4 is 9.47 Å². The van der Waals surface area contributed by atoms with Crippen LogP contribution in [0.25, 0.3) is 55.4 Å². The number of hydrogen-bond donors (Lipinski definition) is 2. The van der Waals surface area contributed by atoms with Crippen molar-refractivity contribution in [3.8, 4) is 45.1 Å². The number of H-pyrrole nitrogens is 2. The molecule has 1 aliphatic rings. The molecule has 224 valence electrons. The third-order valence-corrected chi connectivity index (χ3v) is 8.25. The van der Waals surface area contributed by atoms with E-state index in [-0.39, 0.29) is 11.9 Å². The Morgan fingerprint density at radius 1 is 0.818 bits per heavy atom. The lowest BCUT2D eigenvalue weighted by molar-refractivity contribution is 0.154. The fraction of sp³-hybridized carbons (Fsp3) is 0.286. The Bertz CT molecular complexity index is 1920. The number of ether oxygens (including phenoxy) is 2. The van der Waals surface area contributed by atoms with Gasteiger partial charge in [0.2, 0.25) is 0 Å². The highest BCUT2D eigenvalue weighted by molar-refractivity contribution is 6.01. The van der Waals surface area contributed by atoms with E-state index in [0.717, 1.165) is 75.0 Å². The van der Waals surface area contributed by atoms with Gasteiger partial charge < -0.3 is 19.4 Å². The third kappa shape index (κ3) is 5.88. The zero-order chi connectivity index (χ0) is 30.0. The molecule has 0 radical (unpaired) electrons. The van der Waals surface area contributed by atoms with E-state index >= 15 is 0 Å². The van der Waals surface area contributed by atoms with Gasteiger partial charge in [0.05, 0.1) is 35.2 Å². The molecule has 4 aromatic heterocycles. The normalized spacial score (nSPS) is 14.1. The summed E-state index contributed by atoms with van der Waals surface area (Å²) >= 11 is 0. The summed E-state index contributed by atoms with van der Waals surface area (Å²) in [6.45, 7) is 1.20. The van der Waals surface area contributed by atoms with Crippen molar-refractivity contribution in [3.63, 3.8) is 0 Å². The molecule has 0 unspecified atom stereocenters. The number of aromatic amines is 2. The van der Waals surface area contributed by atoms with E-state index in [2.05, 4.69) is 43.3 Å². The van der Waals surface area contributed by atoms with E-state index in [4.69, 9.17) is 9.47 Å². The van der Waals surface area contributed by atoms with E-state index in [9.17, 15) is 4.39 Å². The summed E-state index contributed by atoms with van der Waals surface area (Å²) in [7, 11) is 3.95. The topological polar surface area (TPSA) is 92.0 Å². The van der Waals surface area contributed by atoms with Crippen LogP contribution in [-0.2, 0) is 0 Å². The van der Waals surface area contributed by atoms with Gasteiger partial charge in [-0.25, -0.2) is 4.39 Å². The lowest BCUT2D eigenvalue weighted by Gasteiger charge is -2.23. The minimum Gasteiger partial charge on any atom is -0.492 e. The lowest BCUT2D eigenvalue weighted by Crippen LogP contribution is -2.19. The number of pyridine rings is 2. The number of nitrogens with one attached hydrogen (secondary N) is 2. The molecule has 6 aromatic rings. The predicted octanol–water partition coefficient (Wildman–Crippen LogP) is 7.63. The first-order chi connectivity index (χ1) is 21.5. The molecule has 1 saturated carbocycles. The molecule has 0 spiro atoms. The second kappa shape index (κ2) is 12.1. The highest BCUT2D eigenvalue weighted by Gasteiger charge is 2.17. The number of benzene rings is 2.